The van der Waals surface area contributed by atoms with Gasteiger partial charge in [0.2, 0.25) is 0 Å². The van der Waals surface area contributed by atoms with E-state index in [-0.39, 0.29) is 0 Å². The molecule has 2 heterocycles. The molecule has 16 aromatic rings. The standard InChI is InChI=1S/C76H48N2/c1-3-19-52(20-4-1)75-65-42-36-55(57-38-44-74-67(46-57)63-28-12-14-31-72(63)78(74)70-32-16-24-50-18-8-10-26-61(50)70)48-69(65)76(53-21-5-2-6-22-53)64-41-35-54(47-68(64)75)56-37-43-73-66(45-56)62-27-11-13-30-71(62)77(73)58-39-33-51(34-40-58)60-29-15-23-49-17-7-9-25-59(49)60/h1-48H. The van der Waals surface area contributed by atoms with Crippen molar-refractivity contribution in [3.8, 4) is 67.0 Å². The van der Waals surface area contributed by atoms with Crippen molar-refractivity contribution in [3.63, 3.8) is 0 Å². The Bertz CT molecular complexity index is 5050. The third kappa shape index (κ3) is 6.90. The molecule has 0 aliphatic carbocycles. The van der Waals surface area contributed by atoms with Crippen LogP contribution in [0.1, 0.15) is 0 Å². The molecule has 16 rings (SSSR count). The highest BCUT2D eigenvalue weighted by Gasteiger charge is 2.21. The van der Waals surface area contributed by atoms with Crippen molar-refractivity contribution in [1.29, 1.82) is 0 Å². The van der Waals surface area contributed by atoms with Crippen LogP contribution in [0.3, 0.4) is 0 Å². The Labute approximate surface area is 451 Å². The van der Waals surface area contributed by atoms with Gasteiger partial charge in [-0.3, -0.25) is 0 Å². The van der Waals surface area contributed by atoms with E-state index in [0.717, 1.165) is 5.69 Å². The minimum atomic E-state index is 1.14. The van der Waals surface area contributed by atoms with Gasteiger partial charge in [0.25, 0.3) is 0 Å². The summed E-state index contributed by atoms with van der Waals surface area (Å²) < 4.78 is 4.87. The number of aromatic nitrogens is 2. The lowest BCUT2D eigenvalue weighted by Gasteiger charge is -2.20. The summed E-state index contributed by atoms with van der Waals surface area (Å²) in [4.78, 5) is 0. The second-order valence-electron chi connectivity index (χ2n) is 20.7. The number of rotatable bonds is 7. The summed E-state index contributed by atoms with van der Waals surface area (Å²) in [5.41, 5.74) is 19.2. The molecule has 0 saturated carbocycles. The molecule has 0 unspecified atom stereocenters. The lowest BCUT2D eigenvalue weighted by atomic mass is 9.84. The zero-order chi connectivity index (χ0) is 51.3. The number of hydrogen-bond acceptors (Lipinski definition) is 0. The van der Waals surface area contributed by atoms with Crippen LogP contribution in [-0.4, -0.2) is 9.13 Å². The van der Waals surface area contributed by atoms with Crippen molar-refractivity contribution in [2.24, 2.45) is 0 Å². The molecule has 0 saturated heterocycles. The van der Waals surface area contributed by atoms with Gasteiger partial charge in [0.1, 0.15) is 0 Å². The van der Waals surface area contributed by atoms with Gasteiger partial charge in [0, 0.05) is 32.6 Å². The highest BCUT2D eigenvalue weighted by Crippen LogP contribution is 2.47. The smallest absolute Gasteiger partial charge is 0.0541 e. The first-order chi connectivity index (χ1) is 38.7. The molecule has 0 aliphatic rings. The summed E-state index contributed by atoms with van der Waals surface area (Å²) in [6.07, 6.45) is 0. The molecule has 0 amide bonds. The maximum Gasteiger partial charge on any atom is 0.0541 e. The summed E-state index contributed by atoms with van der Waals surface area (Å²) in [5.74, 6) is 0. The number of nitrogens with zero attached hydrogens (tertiary/aromatic N) is 2. The van der Waals surface area contributed by atoms with Crippen LogP contribution in [0.5, 0.6) is 0 Å². The van der Waals surface area contributed by atoms with Crippen LogP contribution in [0.2, 0.25) is 0 Å². The summed E-state index contributed by atoms with van der Waals surface area (Å²) >= 11 is 0. The predicted octanol–water partition coefficient (Wildman–Crippen LogP) is 20.8. The fourth-order valence-electron chi connectivity index (χ4n) is 12.9. The monoisotopic (exact) mass is 988 g/mol. The van der Waals surface area contributed by atoms with Gasteiger partial charge in [-0.25, -0.2) is 0 Å². The highest BCUT2D eigenvalue weighted by molar-refractivity contribution is 6.23. The molecule has 2 heteroatoms. The van der Waals surface area contributed by atoms with Gasteiger partial charge < -0.3 is 9.13 Å². The molecule has 362 valence electrons. The number of benzene rings is 14. The summed E-state index contributed by atoms with van der Waals surface area (Å²) in [6.45, 7) is 0. The van der Waals surface area contributed by atoms with E-state index in [4.69, 9.17) is 0 Å². The van der Waals surface area contributed by atoms with Gasteiger partial charge in [-0.2, -0.15) is 0 Å². The van der Waals surface area contributed by atoms with E-state index in [2.05, 4.69) is 300 Å². The molecule has 0 atom stereocenters. The Morgan fingerprint density at radius 3 is 1.17 bits per heavy atom. The minimum absolute atomic E-state index is 1.14. The van der Waals surface area contributed by atoms with Crippen LogP contribution >= 0.6 is 0 Å². The topological polar surface area (TPSA) is 9.86 Å². The Balaban J connectivity index is 0.860. The maximum atomic E-state index is 2.45. The highest BCUT2D eigenvalue weighted by atomic mass is 15.0. The fraction of sp³-hybridized carbons (Fsp3) is 0. The molecule has 0 radical (unpaired) electrons. The Hall–Kier alpha value is -10.3. The lowest BCUT2D eigenvalue weighted by Crippen LogP contribution is -1.95. The summed E-state index contributed by atoms with van der Waals surface area (Å²) in [7, 11) is 0. The molecule has 0 fully saturated rings. The van der Waals surface area contributed by atoms with Crippen molar-refractivity contribution in [3.05, 3.63) is 291 Å². The summed E-state index contributed by atoms with van der Waals surface area (Å²) in [5, 5.41) is 14.9. The Morgan fingerprint density at radius 2 is 0.590 bits per heavy atom. The molecular weight excluding hydrogens is 941 g/mol. The van der Waals surface area contributed by atoms with Crippen molar-refractivity contribution in [1.82, 2.24) is 9.13 Å². The zero-order valence-electron chi connectivity index (χ0n) is 42.6. The quantitative estimate of drug-likeness (QED) is 0.141. The Kier molecular flexibility index (Phi) is 9.98. The van der Waals surface area contributed by atoms with E-state index < -0.39 is 0 Å². The second kappa shape index (κ2) is 17.7. The van der Waals surface area contributed by atoms with Gasteiger partial charge in [-0.15, -0.1) is 0 Å². The minimum Gasteiger partial charge on any atom is -0.309 e. The third-order valence-electron chi connectivity index (χ3n) is 16.5. The lowest BCUT2D eigenvalue weighted by molar-refractivity contribution is 1.18. The molecule has 0 spiro atoms. The van der Waals surface area contributed by atoms with E-state index >= 15 is 0 Å². The molecule has 0 aliphatic heterocycles. The largest absolute Gasteiger partial charge is 0.309 e. The van der Waals surface area contributed by atoms with Crippen LogP contribution < -0.4 is 0 Å². The third-order valence-corrected chi connectivity index (χ3v) is 16.5. The van der Waals surface area contributed by atoms with E-state index in [1.54, 1.807) is 0 Å². The van der Waals surface area contributed by atoms with Crippen LogP contribution in [-0.2, 0) is 0 Å². The van der Waals surface area contributed by atoms with Crippen LogP contribution in [0.25, 0.3) is 154 Å². The van der Waals surface area contributed by atoms with Crippen molar-refractivity contribution < 1.29 is 0 Å². The van der Waals surface area contributed by atoms with Crippen molar-refractivity contribution >= 4 is 86.7 Å². The number of para-hydroxylation sites is 2. The van der Waals surface area contributed by atoms with Crippen molar-refractivity contribution in [2.45, 2.75) is 0 Å². The molecule has 2 aromatic heterocycles. The van der Waals surface area contributed by atoms with E-state index in [0.29, 0.717) is 0 Å². The van der Waals surface area contributed by atoms with Crippen LogP contribution in [0, 0.1) is 0 Å². The average molecular weight is 989 g/mol. The van der Waals surface area contributed by atoms with Crippen LogP contribution in [0.15, 0.2) is 291 Å². The maximum absolute atomic E-state index is 2.45. The van der Waals surface area contributed by atoms with E-state index in [9.17, 15) is 0 Å². The van der Waals surface area contributed by atoms with Gasteiger partial charge in [-0.05, 0) is 160 Å². The van der Waals surface area contributed by atoms with E-state index in [1.165, 1.54) is 148 Å². The van der Waals surface area contributed by atoms with E-state index in [1.807, 2.05) is 0 Å². The fourth-order valence-corrected chi connectivity index (χ4v) is 12.9. The van der Waals surface area contributed by atoms with Gasteiger partial charge in [-0.1, -0.05) is 224 Å². The first-order valence-corrected chi connectivity index (χ1v) is 27.0. The van der Waals surface area contributed by atoms with Crippen molar-refractivity contribution in [2.75, 3.05) is 0 Å². The second-order valence-corrected chi connectivity index (χ2v) is 20.7. The average Bonchev–Trinajstić information content (AvgIpc) is 4.20. The van der Waals surface area contributed by atoms with Crippen LogP contribution in [0.4, 0.5) is 0 Å². The SMILES string of the molecule is c1ccc(-c2c3ccc(-c4ccc5c(c4)c4ccccc4n5-c4cccc5ccccc45)cc3c(-c3ccccc3)c3ccc(-c4ccc5c(c4)c4ccccc4n5-c4ccc(-c5cccc6ccccc56)cc4)cc23)cc1. The number of fused-ring (bicyclic) bond motifs is 10. The Morgan fingerprint density at radius 1 is 0.192 bits per heavy atom. The van der Waals surface area contributed by atoms with Gasteiger partial charge in [0.05, 0.1) is 27.8 Å². The molecule has 14 aromatic carbocycles. The van der Waals surface area contributed by atoms with Gasteiger partial charge in [0.15, 0.2) is 0 Å². The molecule has 2 nitrogen and oxygen atoms in total. The molecule has 78 heavy (non-hydrogen) atoms. The normalized spacial score (nSPS) is 11.8. The molecule has 0 bridgehead atoms. The zero-order valence-corrected chi connectivity index (χ0v) is 42.6. The molecular formula is C76H48N2. The first-order valence-electron chi connectivity index (χ1n) is 27.0. The summed E-state index contributed by atoms with van der Waals surface area (Å²) in [6, 6.07) is 108. The molecule has 0 N–H and O–H groups in total. The van der Waals surface area contributed by atoms with Gasteiger partial charge >= 0.3 is 0 Å². The predicted molar refractivity (Wildman–Crippen MR) is 332 cm³/mol. The first kappa shape index (κ1) is 44.1. The number of hydrogen-bond donors (Lipinski definition) is 0.